The Bertz CT molecular complexity index is 1410. The molecule has 36 heavy (non-hydrogen) atoms. The quantitative estimate of drug-likeness (QED) is 0.185. The molecule has 3 aromatic carbocycles. The lowest BCUT2D eigenvalue weighted by molar-refractivity contribution is -0.384. The largest absolute Gasteiger partial charge is 0.493 e. The predicted molar refractivity (Wildman–Crippen MR) is 145 cm³/mol. The van der Waals surface area contributed by atoms with Gasteiger partial charge in [-0.2, -0.15) is 0 Å². The highest BCUT2D eigenvalue weighted by Crippen LogP contribution is 2.39. The highest BCUT2D eigenvalue weighted by atomic mass is 79.9. The van der Waals surface area contributed by atoms with Gasteiger partial charge in [0.1, 0.15) is 6.61 Å². The minimum absolute atomic E-state index is 0.0135. The Morgan fingerprint density at radius 3 is 2.67 bits per heavy atom. The van der Waals surface area contributed by atoms with Crippen LogP contribution in [0.3, 0.4) is 0 Å². The van der Waals surface area contributed by atoms with E-state index >= 15 is 0 Å². The number of nitrogens with zero attached hydrogens (tertiary/aromatic N) is 2. The smallest absolute Gasteiger partial charge is 0.269 e. The van der Waals surface area contributed by atoms with Crippen LogP contribution in [-0.4, -0.2) is 23.1 Å². The van der Waals surface area contributed by atoms with Crippen LogP contribution in [0.15, 0.2) is 69.0 Å². The summed E-state index contributed by atoms with van der Waals surface area (Å²) in [5, 5.41) is 14.7. The van der Waals surface area contributed by atoms with E-state index in [0.717, 1.165) is 16.7 Å². The molecule has 11 heteroatoms. The fourth-order valence-corrected chi connectivity index (χ4v) is 4.87. The molecule has 0 unspecified atom stereocenters. The van der Waals surface area contributed by atoms with Gasteiger partial charge in [0, 0.05) is 17.2 Å². The zero-order valence-electron chi connectivity index (χ0n) is 19.1. The molecule has 0 bridgehead atoms. The van der Waals surface area contributed by atoms with Crippen molar-refractivity contribution >= 4 is 67.8 Å². The molecule has 8 nitrogen and oxygen atoms in total. The fraction of sp³-hybridized carbons (Fsp3) is 0.120. The number of hydrogen-bond acceptors (Lipinski definition) is 7. The summed E-state index contributed by atoms with van der Waals surface area (Å²) in [5.41, 5.74) is 3.02. The molecule has 1 aliphatic rings. The number of carbonyl (C=O) groups is 1. The molecule has 1 fully saturated rings. The van der Waals surface area contributed by atoms with Crippen LogP contribution in [0, 0.1) is 17.0 Å². The maximum atomic E-state index is 12.5. The van der Waals surface area contributed by atoms with Crippen molar-refractivity contribution in [3.05, 3.63) is 95.8 Å². The van der Waals surface area contributed by atoms with Crippen molar-refractivity contribution in [2.24, 2.45) is 4.99 Å². The molecule has 1 heterocycles. The number of rotatable bonds is 7. The van der Waals surface area contributed by atoms with E-state index in [2.05, 4.69) is 26.2 Å². The standard InChI is InChI=1S/C25H19BrClN3O5S/c1-14-19(27)4-3-5-20(14)28-25-29-24(31)22(36-25)12-16-10-18(26)23(21(11-16)34-2)35-13-15-6-8-17(9-7-15)30(32)33/h3-12H,13H2,1-2H3,(H,28,29,31)/b22-12+. The lowest BCUT2D eigenvalue weighted by Gasteiger charge is -2.14. The molecular formula is C25H19BrClN3O5S. The van der Waals surface area contributed by atoms with Gasteiger partial charge in [0.2, 0.25) is 0 Å². The van der Waals surface area contributed by atoms with E-state index in [1.807, 2.05) is 25.1 Å². The van der Waals surface area contributed by atoms with Crippen molar-refractivity contribution in [3.63, 3.8) is 0 Å². The Labute approximate surface area is 224 Å². The van der Waals surface area contributed by atoms with E-state index in [0.29, 0.717) is 36.8 Å². The number of non-ortho nitro benzene ring substituents is 1. The number of aliphatic imine (C=N–C) groups is 1. The Balaban J connectivity index is 1.52. The van der Waals surface area contributed by atoms with E-state index in [9.17, 15) is 14.9 Å². The van der Waals surface area contributed by atoms with Gasteiger partial charge in [0.15, 0.2) is 16.7 Å². The number of nitro benzene ring substituents is 1. The molecule has 1 aliphatic heterocycles. The summed E-state index contributed by atoms with van der Waals surface area (Å²) in [4.78, 5) is 27.9. The highest BCUT2D eigenvalue weighted by molar-refractivity contribution is 9.10. The molecule has 3 aromatic rings. The van der Waals surface area contributed by atoms with Gasteiger partial charge in [-0.05, 0) is 93.8 Å². The molecule has 0 aromatic heterocycles. The second kappa shape index (κ2) is 11.2. The van der Waals surface area contributed by atoms with E-state index in [4.69, 9.17) is 21.1 Å². The molecule has 4 rings (SSSR count). The first-order valence-corrected chi connectivity index (χ1v) is 12.5. The summed E-state index contributed by atoms with van der Waals surface area (Å²) < 4.78 is 12.1. The molecule has 0 aliphatic carbocycles. The van der Waals surface area contributed by atoms with Crippen molar-refractivity contribution < 1.29 is 19.2 Å². The second-order valence-electron chi connectivity index (χ2n) is 7.61. The van der Waals surface area contributed by atoms with Crippen molar-refractivity contribution in [1.29, 1.82) is 0 Å². The van der Waals surface area contributed by atoms with Crippen molar-refractivity contribution in [3.8, 4) is 11.5 Å². The molecule has 0 saturated carbocycles. The Morgan fingerprint density at radius 2 is 1.97 bits per heavy atom. The number of nitro groups is 1. The summed E-state index contributed by atoms with van der Waals surface area (Å²) in [6, 6.07) is 15.1. The van der Waals surface area contributed by atoms with Crippen LogP contribution in [0.25, 0.3) is 6.08 Å². The van der Waals surface area contributed by atoms with Gasteiger partial charge in [0.05, 0.1) is 27.1 Å². The minimum Gasteiger partial charge on any atom is -0.493 e. The second-order valence-corrected chi connectivity index (χ2v) is 9.90. The van der Waals surface area contributed by atoms with Crippen LogP contribution < -0.4 is 14.8 Å². The maximum Gasteiger partial charge on any atom is 0.269 e. The number of benzene rings is 3. The third kappa shape index (κ3) is 5.89. The number of halogens is 2. The number of methoxy groups -OCH3 is 1. The van der Waals surface area contributed by atoms with Crippen LogP contribution >= 0.6 is 39.3 Å². The molecule has 0 atom stereocenters. The van der Waals surface area contributed by atoms with Crippen LogP contribution in [0.5, 0.6) is 11.5 Å². The van der Waals surface area contributed by atoms with Crippen LogP contribution in [0.1, 0.15) is 16.7 Å². The maximum absolute atomic E-state index is 12.5. The summed E-state index contributed by atoms with van der Waals surface area (Å²) in [6.07, 6.45) is 1.74. The number of amides is 1. The highest BCUT2D eigenvalue weighted by Gasteiger charge is 2.24. The average Bonchev–Trinajstić information content (AvgIpc) is 3.19. The van der Waals surface area contributed by atoms with Gasteiger partial charge >= 0.3 is 0 Å². The van der Waals surface area contributed by atoms with Crippen molar-refractivity contribution in [2.45, 2.75) is 13.5 Å². The minimum atomic E-state index is -0.451. The summed E-state index contributed by atoms with van der Waals surface area (Å²) in [5.74, 6) is 0.678. The SMILES string of the molecule is COc1cc(/C=C2/SC(=Nc3cccc(Cl)c3C)NC2=O)cc(Br)c1OCc1ccc([N+](=O)[O-])cc1. The zero-order chi connectivity index (χ0) is 25.8. The van der Waals surface area contributed by atoms with Crippen molar-refractivity contribution in [1.82, 2.24) is 5.32 Å². The van der Waals surface area contributed by atoms with Gasteiger partial charge in [0.25, 0.3) is 11.6 Å². The molecule has 1 amide bonds. The van der Waals surface area contributed by atoms with E-state index < -0.39 is 4.92 Å². The lowest BCUT2D eigenvalue weighted by atomic mass is 10.1. The number of amidine groups is 1. The summed E-state index contributed by atoms with van der Waals surface area (Å²) in [7, 11) is 1.52. The van der Waals surface area contributed by atoms with E-state index in [1.54, 1.807) is 30.3 Å². The first-order chi connectivity index (χ1) is 17.2. The average molecular weight is 589 g/mol. The number of hydrogen-bond donors (Lipinski definition) is 1. The Hall–Kier alpha value is -3.34. The van der Waals surface area contributed by atoms with Gasteiger partial charge in [-0.1, -0.05) is 17.7 Å². The predicted octanol–water partition coefficient (Wildman–Crippen LogP) is 6.80. The Morgan fingerprint density at radius 1 is 1.22 bits per heavy atom. The number of nitrogens with one attached hydrogen (secondary N) is 1. The number of thioether (sulfide) groups is 1. The third-order valence-corrected chi connectivity index (χ3v) is 7.10. The topological polar surface area (TPSA) is 103 Å². The summed E-state index contributed by atoms with van der Waals surface area (Å²) >= 11 is 10.9. The Kier molecular flexibility index (Phi) is 7.97. The molecular weight excluding hydrogens is 570 g/mol. The van der Waals surface area contributed by atoms with Crippen LogP contribution in [-0.2, 0) is 11.4 Å². The molecule has 0 spiro atoms. The van der Waals surface area contributed by atoms with E-state index in [1.165, 1.54) is 31.0 Å². The van der Waals surface area contributed by atoms with Crippen LogP contribution in [0.4, 0.5) is 11.4 Å². The van der Waals surface area contributed by atoms with Gasteiger partial charge < -0.3 is 14.8 Å². The van der Waals surface area contributed by atoms with Gasteiger partial charge in [-0.3, -0.25) is 14.9 Å². The first-order valence-electron chi connectivity index (χ1n) is 10.5. The zero-order valence-corrected chi connectivity index (χ0v) is 22.2. The summed E-state index contributed by atoms with van der Waals surface area (Å²) in [6.45, 7) is 2.06. The number of carbonyl (C=O) groups excluding carboxylic acids is 1. The lowest BCUT2D eigenvalue weighted by Crippen LogP contribution is -2.19. The molecule has 1 N–H and O–H groups in total. The van der Waals surface area contributed by atoms with E-state index in [-0.39, 0.29) is 18.2 Å². The van der Waals surface area contributed by atoms with Gasteiger partial charge in [-0.15, -0.1) is 0 Å². The first kappa shape index (κ1) is 25.7. The number of ether oxygens (including phenoxy) is 2. The van der Waals surface area contributed by atoms with Gasteiger partial charge in [-0.25, -0.2) is 4.99 Å². The van der Waals surface area contributed by atoms with Crippen molar-refractivity contribution in [2.75, 3.05) is 7.11 Å². The molecule has 184 valence electrons. The normalized spacial score (nSPS) is 15.3. The van der Waals surface area contributed by atoms with Crippen LogP contribution in [0.2, 0.25) is 5.02 Å². The third-order valence-electron chi connectivity index (χ3n) is 5.19. The molecule has 1 saturated heterocycles. The monoisotopic (exact) mass is 587 g/mol. The fourth-order valence-electron chi connectivity index (χ4n) is 3.29. The molecule has 0 radical (unpaired) electrons.